The van der Waals surface area contributed by atoms with Crippen LogP contribution < -0.4 is 0 Å². The average Bonchev–Trinajstić information content (AvgIpc) is 2.29. The van der Waals surface area contributed by atoms with Crippen molar-refractivity contribution in [1.82, 2.24) is 0 Å². The van der Waals surface area contributed by atoms with Crippen LogP contribution in [0.25, 0.3) is 0 Å². The predicted molar refractivity (Wildman–Crippen MR) is 54.9 cm³/mol. The summed E-state index contributed by atoms with van der Waals surface area (Å²) >= 11 is 0. The first kappa shape index (κ1) is 9.75. The van der Waals surface area contributed by atoms with Crippen molar-refractivity contribution in [3.63, 3.8) is 0 Å². The number of carboxylic acid groups (broad SMARTS) is 1. The second kappa shape index (κ2) is 3.41. The van der Waals surface area contributed by atoms with Crippen molar-refractivity contribution in [2.24, 2.45) is 17.3 Å². The van der Waals surface area contributed by atoms with E-state index in [9.17, 15) is 4.79 Å². The van der Waals surface area contributed by atoms with Gasteiger partial charge in [-0.15, -0.1) is 0 Å². The molecule has 0 radical (unpaired) electrons. The van der Waals surface area contributed by atoms with Gasteiger partial charge < -0.3 is 5.11 Å². The van der Waals surface area contributed by atoms with Gasteiger partial charge in [0, 0.05) is 0 Å². The Kier molecular flexibility index (Phi) is 2.38. The van der Waals surface area contributed by atoms with E-state index in [0.29, 0.717) is 6.42 Å². The molecule has 0 aromatic rings. The van der Waals surface area contributed by atoms with E-state index in [1.165, 1.54) is 12.8 Å². The van der Waals surface area contributed by atoms with Crippen molar-refractivity contribution in [3.05, 3.63) is 12.2 Å². The fourth-order valence-electron chi connectivity index (χ4n) is 3.30. The summed E-state index contributed by atoms with van der Waals surface area (Å²) in [4.78, 5) is 10.8. The first-order valence-corrected chi connectivity index (χ1v) is 5.51. The summed E-state index contributed by atoms with van der Waals surface area (Å²) in [5.74, 6) is 1.00. The number of carboxylic acids is 1. The van der Waals surface area contributed by atoms with Crippen LogP contribution >= 0.6 is 0 Å². The normalized spacial score (nSPS) is 40.9. The van der Waals surface area contributed by atoms with Gasteiger partial charge in [0.05, 0.1) is 6.42 Å². The Labute approximate surface area is 85.0 Å². The van der Waals surface area contributed by atoms with E-state index in [1.807, 2.05) is 13.0 Å². The number of rotatable bonds is 3. The van der Waals surface area contributed by atoms with Crippen molar-refractivity contribution in [3.8, 4) is 0 Å². The third-order valence-electron chi connectivity index (χ3n) is 3.94. The zero-order valence-electron chi connectivity index (χ0n) is 8.70. The van der Waals surface area contributed by atoms with Gasteiger partial charge in [0.1, 0.15) is 0 Å². The minimum atomic E-state index is -0.649. The highest BCUT2D eigenvalue weighted by Crippen LogP contribution is 2.57. The van der Waals surface area contributed by atoms with Gasteiger partial charge in [-0.3, -0.25) is 4.79 Å². The largest absolute Gasteiger partial charge is 0.481 e. The molecule has 2 heteroatoms. The lowest BCUT2D eigenvalue weighted by Gasteiger charge is -2.29. The molecule has 2 fully saturated rings. The molecule has 0 heterocycles. The van der Waals surface area contributed by atoms with Crippen molar-refractivity contribution in [1.29, 1.82) is 0 Å². The van der Waals surface area contributed by atoms with Crippen LogP contribution in [0, 0.1) is 17.3 Å². The molecule has 0 amide bonds. The molecule has 0 saturated heterocycles. The SMILES string of the molecule is C/C=C/C1(CC(=O)O)C[C@H]2CC[C@H]2C1. The van der Waals surface area contributed by atoms with Crippen LogP contribution in [0.15, 0.2) is 12.2 Å². The molecule has 0 spiro atoms. The highest BCUT2D eigenvalue weighted by molar-refractivity contribution is 5.68. The molecule has 2 aliphatic carbocycles. The van der Waals surface area contributed by atoms with E-state index >= 15 is 0 Å². The molecule has 0 bridgehead atoms. The van der Waals surface area contributed by atoms with Gasteiger partial charge in [-0.2, -0.15) is 0 Å². The average molecular weight is 194 g/mol. The summed E-state index contributed by atoms with van der Waals surface area (Å²) in [5.41, 5.74) is -0.00752. The number of hydrogen-bond acceptors (Lipinski definition) is 1. The molecule has 0 aliphatic heterocycles. The number of aliphatic carboxylic acids is 1. The molecule has 0 aromatic carbocycles. The van der Waals surface area contributed by atoms with Crippen molar-refractivity contribution in [2.75, 3.05) is 0 Å². The maximum absolute atomic E-state index is 10.8. The lowest BCUT2D eigenvalue weighted by molar-refractivity contribution is -0.139. The molecule has 3 atom stereocenters. The van der Waals surface area contributed by atoms with E-state index in [1.54, 1.807) is 0 Å². The van der Waals surface area contributed by atoms with Crippen molar-refractivity contribution < 1.29 is 9.90 Å². The third kappa shape index (κ3) is 1.58. The van der Waals surface area contributed by atoms with Gasteiger partial charge >= 0.3 is 5.97 Å². The molecule has 78 valence electrons. The third-order valence-corrected chi connectivity index (χ3v) is 3.94. The smallest absolute Gasteiger partial charge is 0.304 e. The minimum Gasteiger partial charge on any atom is -0.481 e. The Hall–Kier alpha value is -0.790. The van der Waals surface area contributed by atoms with E-state index < -0.39 is 5.97 Å². The summed E-state index contributed by atoms with van der Waals surface area (Å²) in [6, 6.07) is 0. The molecule has 14 heavy (non-hydrogen) atoms. The zero-order chi connectivity index (χ0) is 10.2. The Morgan fingerprint density at radius 2 is 2.00 bits per heavy atom. The molecule has 2 aliphatic rings. The van der Waals surface area contributed by atoms with Crippen LogP contribution in [-0.2, 0) is 4.79 Å². The van der Waals surface area contributed by atoms with Gasteiger partial charge in [0.15, 0.2) is 0 Å². The Balaban J connectivity index is 2.11. The quantitative estimate of drug-likeness (QED) is 0.701. The van der Waals surface area contributed by atoms with Gasteiger partial charge in [-0.25, -0.2) is 0 Å². The zero-order valence-corrected chi connectivity index (χ0v) is 8.70. The molecular weight excluding hydrogens is 176 g/mol. The predicted octanol–water partition coefficient (Wildman–Crippen LogP) is 2.84. The van der Waals surface area contributed by atoms with Crippen LogP contribution in [-0.4, -0.2) is 11.1 Å². The maximum Gasteiger partial charge on any atom is 0.304 e. The van der Waals surface area contributed by atoms with Gasteiger partial charge in [-0.1, -0.05) is 12.2 Å². The van der Waals surface area contributed by atoms with Crippen molar-refractivity contribution >= 4 is 5.97 Å². The van der Waals surface area contributed by atoms with Gasteiger partial charge in [-0.05, 0) is 49.9 Å². The maximum atomic E-state index is 10.8. The summed E-state index contributed by atoms with van der Waals surface area (Å²) in [6.07, 6.45) is 9.34. The second-order valence-corrected chi connectivity index (χ2v) is 4.94. The summed E-state index contributed by atoms with van der Waals surface area (Å²) in [6.45, 7) is 1.99. The van der Waals surface area contributed by atoms with Crippen LogP contribution in [0.1, 0.15) is 39.0 Å². The fourth-order valence-corrected chi connectivity index (χ4v) is 3.30. The van der Waals surface area contributed by atoms with Crippen LogP contribution in [0.3, 0.4) is 0 Å². The minimum absolute atomic E-state index is 0.00752. The molecule has 2 rings (SSSR count). The molecule has 1 unspecified atom stereocenters. The number of allylic oxidation sites excluding steroid dienone is 2. The monoisotopic (exact) mass is 194 g/mol. The van der Waals surface area contributed by atoms with Crippen LogP contribution in [0.2, 0.25) is 0 Å². The van der Waals surface area contributed by atoms with Gasteiger partial charge in [0.25, 0.3) is 0 Å². The van der Waals surface area contributed by atoms with E-state index in [4.69, 9.17) is 5.11 Å². The van der Waals surface area contributed by atoms with Crippen molar-refractivity contribution in [2.45, 2.75) is 39.0 Å². The standard InChI is InChI=1S/C12H18O2/c1-2-5-12(8-11(13)14)6-9-3-4-10(9)7-12/h2,5,9-10H,3-4,6-8H2,1H3,(H,13,14)/b5-2+/t9-,10+,12?. The Morgan fingerprint density at radius 1 is 1.43 bits per heavy atom. The topological polar surface area (TPSA) is 37.3 Å². The molecule has 2 nitrogen and oxygen atoms in total. The summed E-state index contributed by atoms with van der Waals surface area (Å²) < 4.78 is 0. The van der Waals surface area contributed by atoms with Crippen LogP contribution in [0.4, 0.5) is 0 Å². The summed E-state index contributed by atoms with van der Waals surface area (Å²) in [5, 5.41) is 8.92. The molecule has 1 N–H and O–H groups in total. The van der Waals surface area contributed by atoms with E-state index in [2.05, 4.69) is 6.08 Å². The van der Waals surface area contributed by atoms with E-state index in [0.717, 1.165) is 24.7 Å². The Morgan fingerprint density at radius 3 is 2.36 bits per heavy atom. The van der Waals surface area contributed by atoms with Gasteiger partial charge in [0.2, 0.25) is 0 Å². The number of carbonyl (C=O) groups is 1. The van der Waals surface area contributed by atoms with Crippen LogP contribution in [0.5, 0.6) is 0 Å². The lowest BCUT2D eigenvalue weighted by atomic mass is 9.77. The second-order valence-electron chi connectivity index (χ2n) is 4.94. The first-order chi connectivity index (χ1) is 6.65. The number of fused-ring (bicyclic) bond motifs is 1. The van der Waals surface area contributed by atoms with E-state index in [-0.39, 0.29) is 5.41 Å². The fraction of sp³-hybridized carbons (Fsp3) is 0.750. The molecular formula is C12H18O2. The molecule has 2 saturated carbocycles. The first-order valence-electron chi connectivity index (χ1n) is 5.51. The highest BCUT2D eigenvalue weighted by Gasteiger charge is 2.48. The molecule has 0 aromatic heterocycles. The summed E-state index contributed by atoms with van der Waals surface area (Å²) in [7, 11) is 0. The lowest BCUT2D eigenvalue weighted by Crippen LogP contribution is -2.18. The Bertz CT molecular complexity index is 255. The highest BCUT2D eigenvalue weighted by atomic mass is 16.4. The number of hydrogen-bond donors (Lipinski definition) is 1.